The predicted octanol–water partition coefficient (Wildman–Crippen LogP) is 2.86. The molecule has 3 rings (SSSR count). The number of nitrogens with zero attached hydrogens (tertiary/aromatic N) is 1. The number of hydrogen-bond donors (Lipinski definition) is 1. The standard InChI is InChI=1S/C17H14N2O3/c18-10-13-2-1-3-14(8-13)19-17(20)7-5-12-4-6-15-16(9-12)22-11-21-15/h1-4,6,8-9H,5,7,11H2,(H,19,20). The number of benzene rings is 2. The molecule has 5 heteroatoms. The zero-order valence-corrected chi connectivity index (χ0v) is 11.8. The number of carbonyl (C=O) groups excluding carboxylic acids is 1. The summed E-state index contributed by atoms with van der Waals surface area (Å²) in [7, 11) is 0. The Morgan fingerprint density at radius 2 is 2.05 bits per heavy atom. The molecule has 1 aliphatic rings. The number of nitrogens with one attached hydrogen (secondary N) is 1. The largest absolute Gasteiger partial charge is 0.454 e. The van der Waals surface area contributed by atoms with E-state index in [1.807, 2.05) is 24.3 Å². The molecule has 110 valence electrons. The molecule has 1 amide bonds. The molecule has 0 atom stereocenters. The third kappa shape index (κ3) is 3.18. The van der Waals surface area contributed by atoms with E-state index in [1.165, 1.54) is 0 Å². The van der Waals surface area contributed by atoms with Crippen molar-refractivity contribution in [3.05, 3.63) is 53.6 Å². The Morgan fingerprint density at radius 1 is 1.18 bits per heavy atom. The Bertz CT molecular complexity index is 750. The minimum absolute atomic E-state index is 0.0900. The van der Waals surface area contributed by atoms with Crippen molar-refractivity contribution in [1.82, 2.24) is 0 Å². The lowest BCUT2D eigenvalue weighted by molar-refractivity contribution is -0.116. The summed E-state index contributed by atoms with van der Waals surface area (Å²) in [5.74, 6) is 1.37. The fourth-order valence-corrected chi connectivity index (χ4v) is 2.24. The number of nitriles is 1. The van der Waals surface area contributed by atoms with E-state index in [0.717, 1.165) is 17.1 Å². The van der Waals surface area contributed by atoms with Crippen LogP contribution in [0.3, 0.4) is 0 Å². The third-order valence-corrected chi connectivity index (χ3v) is 3.35. The predicted molar refractivity (Wildman–Crippen MR) is 80.7 cm³/mol. The summed E-state index contributed by atoms with van der Waals surface area (Å²) >= 11 is 0. The van der Waals surface area contributed by atoms with Crippen molar-refractivity contribution in [2.45, 2.75) is 12.8 Å². The minimum atomic E-state index is -0.0900. The van der Waals surface area contributed by atoms with Crippen molar-refractivity contribution in [1.29, 1.82) is 5.26 Å². The molecule has 22 heavy (non-hydrogen) atoms. The van der Waals surface area contributed by atoms with Gasteiger partial charge in [-0.1, -0.05) is 12.1 Å². The molecule has 1 heterocycles. The zero-order chi connectivity index (χ0) is 15.4. The molecular formula is C17H14N2O3. The molecule has 2 aromatic carbocycles. The minimum Gasteiger partial charge on any atom is -0.454 e. The van der Waals surface area contributed by atoms with Crippen molar-refractivity contribution in [3.63, 3.8) is 0 Å². The highest BCUT2D eigenvalue weighted by molar-refractivity contribution is 5.91. The van der Waals surface area contributed by atoms with E-state index in [4.69, 9.17) is 14.7 Å². The van der Waals surface area contributed by atoms with Crippen LogP contribution in [0.5, 0.6) is 11.5 Å². The molecule has 5 nitrogen and oxygen atoms in total. The number of carbonyl (C=O) groups is 1. The Labute approximate surface area is 128 Å². The highest BCUT2D eigenvalue weighted by atomic mass is 16.7. The molecule has 0 aromatic heterocycles. The first-order valence-corrected chi connectivity index (χ1v) is 6.93. The molecule has 0 unspecified atom stereocenters. The Balaban J connectivity index is 1.57. The van der Waals surface area contributed by atoms with Gasteiger partial charge in [0, 0.05) is 12.1 Å². The van der Waals surface area contributed by atoms with Gasteiger partial charge in [0.15, 0.2) is 11.5 Å². The summed E-state index contributed by atoms with van der Waals surface area (Å²) < 4.78 is 10.6. The number of ether oxygens (including phenoxy) is 2. The second-order valence-electron chi connectivity index (χ2n) is 4.93. The van der Waals surface area contributed by atoms with Gasteiger partial charge in [0.25, 0.3) is 0 Å². The van der Waals surface area contributed by atoms with Crippen LogP contribution in [0, 0.1) is 11.3 Å². The van der Waals surface area contributed by atoms with Gasteiger partial charge in [-0.25, -0.2) is 0 Å². The van der Waals surface area contributed by atoms with E-state index < -0.39 is 0 Å². The molecule has 0 fully saturated rings. The second kappa shape index (κ2) is 6.19. The molecule has 0 radical (unpaired) electrons. The smallest absolute Gasteiger partial charge is 0.231 e. The summed E-state index contributed by atoms with van der Waals surface area (Å²) in [5.41, 5.74) is 2.17. The van der Waals surface area contributed by atoms with E-state index >= 15 is 0 Å². The van der Waals surface area contributed by atoms with Crippen LogP contribution in [0.25, 0.3) is 0 Å². The van der Waals surface area contributed by atoms with Gasteiger partial charge < -0.3 is 14.8 Å². The lowest BCUT2D eigenvalue weighted by Gasteiger charge is -2.06. The Hall–Kier alpha value is -3.00. The second-order valence-corrected chi connectivity index (χ2v) is 4.93. The SMILES string of the molecule is N#Cc1cccc(NC(=O)CCc2ccc3c(c2)OCO3)c1. The van der Waals surface area contributed by atoms with Crippen molar-refractivity contribution in [3.8, 4) is 17.6 Å². The topological polar surface area (TPSA) is 71.4 Å². The Kier molecular flexibility index (Phi) is 3.92. The molecule has 0 aliphatic carbocycles. The van der Waals surface area contributed by atoms with Crippen molar-refractivity contribution in [2.75, 3.05) is 12.1 Å². The molecule has 0 saturated heterocycles. The van der Waals surface area contributed by atoms with Crippen molar-refractivity contribution >= 4 is 11.6 Å². The fourth-order valence-electron chi connectivity index (χ4n) is 2.24. The van der Waals surface area contributed by atoms with Gasteiger partial charge in [0.1, 0.15) is 0 Å². The highest BCUT2D eigenvalue weighted by Crippen LogP contribution is 2.32. The summed E-state index contributed by atoms with van der Waals surface area (Å²) in [6.45, 7) is 0.245. The molecule has 0 saturated carbocycles. The van der Waals surface area contributed by atoms with E-state index in [2.05, 4.69) is 5.32 Å². The average Bonchev–Trinajstić information content (AvgIpc) is 3.00. The molecule has 0 bridgehead atoms. The van der Waals surface area contributed by atoms with Crippen LogP contribution in [0.2, 0.25) is 0 Å². The summed E-state index contributed by atoms with van der Waals surface area (Å²) in [4.78, 5) is 12.0. The number of rotatable bonds is 4. The summed E-state index contributed by atoms with van der Waals surface area (Å²) in [6, 6.07) is 14.6. The normalized spacial score (nSPS) is 11.8. The van der Waals surface area contributed by atoms with E-state index in [9.17, 15) is 4.79 Å². The maximum Gasteiger partial charge on any atom is 0.231 e. The lowest BCUT2D eigenvalue weighted by atomic mass is 10.1. The van der Waals surface area contributed by atoms with Crippen LogP contribution in [0.15, 0.2) is 42.5 Å². The van der Waals surface area contributed by atoms with Gasteiger partial charge in [0.2, 0.25) is 12.7 Å². The maximum absolute atomic E-state index is 12.0. The van der Waals surface area contributed by atoms with Gasteiger partial charge in [-0.15, -0.1) is 0 Å². The number of hydrogen-bond acceptors (Lipinski definition) is 4. The Morgan fingerprint density at radius 3 is 2.91 bits per heavy atom. The zero-order valence-electron chi connectivity index (χ0n) is 11.8. The van der Waals surface area contributed by atoms with Crippen LogP contribution in [-0.4, -0.2) is 12.7 Å². The molecule has 1 aliphatic heterocycles. The van der Waals surface area contributed by atoms with Crippen molar-refractivity contribution in [2.24, 2.45) is 0 Å². The number of aryl methyl sites for hydroxylation is 1. The molecule has 2 aromatic rings. The maximum atomic E-state index is 12.0. The van der Waals surface area contributed by atoms with Gasteiger partial charge >= 0.3 is 0 Å². The molecule has 0 spiro atoms. The first kappa shape index (κ1) is 14.0. The van der Waals surface area contributed by atoms with Crippen LogP contribution in [0.4, 0.5) is 5.69 Å². The van der Waals surface area contributed by atoms with Crippen LogP contribution >= 0.6 is 0 Å². The van der Waals surface area contributed by atoms with Crippen molar-refractivity contribution < 1.29 is 14.3 Å². The van der Waals surface area contributed by atoms with Crippen LogP contribution in [0.1, 0.15) is 17.5 Å². The number of anilines is 1. The van der Waals surface area contributed by atoms with Crippen LogP contribution < -0.4 is 14.8 Å². The highest BCUT2D eigenvalue weighted by Gasteiger charge is 2.13. The monoisotopic (exact) mass is 294 g/mol. The molecule has 1 N–H and O–H groups in total. The number of amides is 1. The fraction of sp³-hybridized carbons (Fsp3) is 0.176. The van der Waals surface area contributed by atoms with E-state index in [1.54, 1.807) is 24.3 Å². The van der Waals surface area contributed by atoms with Crippen LogP contribution in [-0.2, 0) is 11.2 Å². The van der Waals surface area contributed by atoms with E-state index in [-0.39, 0.29) is 12.7 Å². The van der Waals surface area contributed by atoms with E-state index in [0.29, 0.717) is 24.1 Å². The van der Waals surface area contributed by atoms with Gasteiger partial charge in [-0.3, -0.25) is 4.79 Å². The first-order chi connectivity index (χ1) is 10.7. The summed E-state index contributed by atoms with van der Waals surface area (Å²) in [5, 5.41) is 11.6. The first-order valence-electron chi connectivity index (χ1n) is 6.93. The quantitative estimate of drug-likeness (QED) is 0.941. The molecular weight excluding hydrogens is 280 g/mol. The summed E-state index contributed by atoms with van der Waals surface area (Å²) in [6.07, 6.45) is 0.969. The lowest BCUT2D eigenvalue weighted by Crippen LogP contribution is -2.12. The van der Waals surface area contributed by atoms with Gasteiger partial charge in [-0.2, -0.15) is 5.26 Å². The average molecular weight is 294 g/mol. The number of fused-ring (bicyclic) bond motifs is 1. The third-order valence-electron chi connectivity index (χ3n) is 3.35. The van der Waals surface area contributed by atoms with Gasteiger partial charge in [-0.05, 0) is 42.3 Å². The van der Waals surface area contributed by atoms with Gasteiger partial charge in [0.05, 0.1) is 11.6 Å².